The van der Waals surface area contributed by atoms with Crippen molar-refractivity contribution in [1.82, 2.24) is 10.2 Å². The molecule has 1 N–H and O–H groups in total. The van der Waals surface area contributed by atoms with Crippen molar-refractivity contribution in [1.29, 1.82) is 0 Å². The van der Waals surface area contributed by atoms with Crippen molar-refractivity contribution in [2.45, 2.75) is 25.9 Å². The summed E-state index contributed by atoms with van der Waals surface area (Å²) >= 11 is 0. The summed E-state index contributed by atoms with van der Waals surface area (Å²) in [6.45, 7) is 2.66. The van der Waals surface area contributed by atoms with Crippen LogP contribution in [0.1, 0.15) is 18.9 Å². The Morgan fingerprint density at radius 1 is 1.24 bits per heavy atom. The SMILES string of the molecule is CC(=O)N[C@H]1CC(=O)N(Cc2cccc3ccccc23)C1. The molecule has 1 fully saturated rings. The molecular formula is C17H18N2O2. The van der Waals surface area contributed by atoms with Crippen LogP contribution in [0.15, 0.2) is 42.5 Å². The Morgan fingerprint density at radius 3 is 2.81 bits per heavy atom. The number of hydrogen-bond acceptors (Lipinski definition) is 2. The summed E-state index contributed by atoms with van der Waals surface area (Å²) < 4.78 is 0. The van der Waals surface area contributed by atoms with Crippen LogP contribution in [0.25, 0.3) is 10.8 Å². The molecule has 108 valence electrons. The third-order valence-corrected chi connectivity index (χ3v) is 3.86. The number of carbonyl (C=O) groups is 2. The van der Waals surface area contributed by atoms with E-state index in [2.05, 4.69) is 29.6 Å². The molecule has 0 radical (unpaired) electrons. The molecule has 0 aliphatic carbocycles. The molecule has 0 spiro atoms. The first-order chi connectivity index (χ1) is 10.1. The van der Waals surface area contributed by atoms with E-state index in [0.29, 0.717) is 19.5 Å². The molecule has 2 amide bonds. The van der Waals surface area contributed by atoms with Crippen molar-refractivity contribution in [3.8, 4) is 0 Å². The molecule has 4 heteroatoms. The second-order valence-electron chi connectivity index (χ2n) is 5.51. The van der Waals surface area contributed by atoms with Crippen molar-refractivity contribution >= 4 is 22.6 Å². The van der Waals surface area contributed by atoms with Gasteiger partial charge in [0.05, 0.1) is 6.04 Å². The number of carbonyl (C=O) groups excluding carboxylic acids is 2. The molecule has 1 saturated heterocycles. The van der Waals surface area contributed by atoms with Gasteiger partial charge >= 0.3 is 0 Å². The van der Waals surface area contributed by atoms with E-state index >= 15 is 0 Å². The summed E-state index contributed by atoms with van der Waals surface area (Å²) in [5.74, 6) is 0.0153. The molecule has 1 aliphatic rings. The Balaban J connectivity index is 1.79. The summed E-state index contributed by atoms with van der Waals surface area (Å²) in [4.78, 5) is 25.0. The molecule has 1 heterocycles. The van der Waals surface area contributed by atoms with Crippen molar-refractivity contribution in [2.24, 2.45) is 0 Å². The van der Waals surface area contributed by atoms with Gasteiger partial charge in [-0.05, 0) is 16.3 Å². The van der Waals surface area contributed by atoms with Gasteiger partial charge in [0.2, 0.25) is 11.8 Å². The Morgan fingerprint density at radius 2 is 2.00 bits per heavy atom. The number of nitrogens with zero attached hydrogens (tertiary/aromatic N) is 1. The van der Waals surface area contributed by atoms with Crippen molar-refractivity contribution in [3.05, 3.63) is 48.0 Å². The monoisotopic (exact) mass is 282 g/mol. The molecule has 1 aliphatic heterocycles. The molecule has 2 aromatic rings. The van der Waals surface area contributed by atoms with E-state index in [-0.39, 0.29) is 17.9 Å². The van der Waals surface area contributed by atoms with Crippen molar-refractivity contribution in [3.63, 3.8) is 0 Å². The van der Waals surface area contributed by atoms with E-state index in [4.69, 9.17) is 0 Å². The van der Waals surface area contributed by atoms with Gasteiger partial charge in [0.1, 0.15) is 0 Å². The topological polar surface area (TPSA) is 49.4 Å². The average Bonchev–Trinajstić information content (AvgIpc) is 2.78. The van der Waals surface area contributed by atoms with Crippen LogP contribution in [0.3, 0.4) is 0 Å². The first-order valence-electron chi connectivity index (χ1n) is 7.15. The van der Waals surface area contributed by atoms with Crippen molar-refractivity contribution < 1.29 is 9.59 Å². The van der Waals surface area contributed by atoms with Gasteiger partial charge < -0.3 is 10.2 Å². The molecular weight excluding hydrogens is 264 g/mol. The zero-order valence-corrected chi connectivity index (χ0v) is 12.0. The van der Waals surface area contributed by atoms with Crippen LogP contribution in [0.2, 0.25) is 0 Å². The fourth-order valence-electron chi connectivity index (χ4n) is 2.95. The molecule has 1 atom stereocenters. The smallest absolute Gasteiger partial charge is 0.225 e. The first-order valence-corrected chi connectivity index (χ1v) is 7.15. The van der Waals surface area contributed by atoms with Crippen LogP contribution in [0.5, 0.6) is 0 Å². The van der Waals surface area contributed by atoms with E-state index in [9.17, 15) is 9.59 Å². The zero-order chi connectivity index (χ0) is 14.8. The van der Waals surface area contributed by atoms with Gasteiger partial charge in [-0.15, -0.1) is 0 Å². The number of rotatable bonds is 3. The Bertz CT molecular complexity index is 691. The fourth-order valence-corrected chi connectivity index (χ4v) is 2.95. The molecule has 0 unspecified atom stereocenters. The van der Waals surface area contributed by atoms with E-state index in [1.54, 1.807) is 0 Å². The lowest BCUT2D eigenvalue weighted by molar-refractivity contribution is -0.128. The summed E-state index contributed by atoms with van der Waals surface area (Å²) in [5.41, 5.74) is 1.14. The van der Waals surface area contributed by atoms with Crippen LogP contribution in [-0.2, 0) is 16.1 Å². The van der Waals surface area contributed by atoms with Crippen LogP contribution < -0.4 is 5.32 Å². The molecule has 4 nitrogen and oxygen atoms in total. The van der Waals surface area contributed by atoms with Gasteiger partial charge in [0, 0.05) is 26.4 Å². The Hall–Kier alpha value is -2.36. The summed E-state index contributed by atoms with van der Waals surface area (Å²) in [6.07, 6.45) is 0.393. The normalized spacial score (nSPS) is 18.2. The van der Waals surface area contributed by atoms with Gasteiger partial charge in [-0.1, -0.05) is 42.5 Å². The summed E-state index contributed by atoms with van der Waals surface area (Å²) in [7, 11) is 0. The first kappa shape index (κ1) is 13.6. The molecule has 0 saturated carbocycles. The number of nitrogens with one attached hydrogen (secondary N) is 1. The van der Waals surface area contributed by atoms with E-state index in [0.717, 1.165) is 5.56 Å². The molecule has 2 aromatic carbocycles. The predicted molar refractivity (Wildman–Crippen MR) is 81.6 cm³/mol. The van der Waals surface area contributed by atoms with E-state index < -0.39 is 0 Å². The second kappa shape index (κ2) is 5.56. The van der Waals surface area contributed by atoms with Gasteiger partial charge in [0.25, 0.3) is 0 Å². The van der Waals surface area contributed by atoms with Gasteiger partial charge in [-0.2, -0.15) is 0 Å². The van der Waals surface area contributed by atoms with Crippen molar-refractivity contribution in [2.75, 3.05) is 6.54 Å². The number of hydrogen-bond donors (Lipinski definition) is 1. The Labute approximate surface area is 123 Å². The minimum atomic E-state index is -0.0835. The highest BCUT2D eigenvalue weighted by molar-refractivity contribution is 5.86. The third kappa shape index (κ3) is 2.89. The zero-order valence-electron chi connectivity index (χ0n) is 12.0. The maximum atomic E-state index is 12.1. The van der Waals surface area contributed by atoms with Crippen LogP contribution >= 0.6 is 0 Å². The molecule has 0 bridgehead atoms. The van der Waals surface area contributed by atoms with Crippen LogP contribution in [0.4, 0.5) is 0 Å². The minimum absolute atomic E-state index is 0.0648. The number of benzene rings is 2. The molecule has 3 rings (SSSR count). The maximum absolute atomic E-state index is 12.1. The highest BCUT2D eigenvalue weighted by Gasteiger charge is 2.30. The maximum Gasteiger partial charge on any atom is 0.225 e. The largest absolute Gasteiger partial charge is 0.351 e. The van der Waals surface area contributed by atoms with E-state index in [1.807, 2.05) is 23.1 Å². The van der Waals surface area contributed by atoms with E-state index in [1.165, 1.54) is 17.7 Å². The quantitative estimate of drug-likeness (QED) is 0.937. The van der Waals surface area contributed by atoms with Gasteiger partial charge in [-0.25, -0.2) is 0 Å². The lowest BCUT2D eigenvalue weighted by atomic mass is 10.0. The van der Waals surface area contributed by atoms with Crippen LogP contribution in [-0.4, -0.2) is 29.3 Å². The summed E-state index contributed by atoms with van der Waals surface area (Å²) in [5, 5.41) is 5.18. The Kier molecular flexibility index (Phi) is 3.60. The lowest BCUT2D eigenvalue weighted by Gasteiger charge is -2.18. The molecule has 0 aromatic heterocycles. The van der Waals surface area contributed by atoms with Gasteiger partial charge in [0.15, 0.2) is 0 Å². The standard InChI is InChI=1S/C17H18N2O2/c1-12(20)18-15-9-17(21)19(11-15)10-14-7-4-6-13-5-2-3-8-16(13)14/h2-8,15H,9-11H2,1H3,(H,18,20)/t15-/m0/s1. The lowest BCUT2D eigenvalue weighted by Crippen LogP contribution is -2.35. The highest BCUT2D eigenvalue weighted by atomic mass is 16.2. The van der Waals surface area contributed by atoms with Crippen LogP contribution in [0, 0.1) is 0 Å². The fraction of sp³-hybridized carbons (Fsp3) is 0.294. The highest BCUT2D eigenvalue weighted by Crippen LogP contribution is 2.22. The second-order valence-corrected chi connectivity index (χ2v) is 5.51. The minimum Gasteiger partial charge on any atom is -0.351 e. The average molecular weight is 282 g/mol. The number of amides is 2. The molecule has 21 heavy (non-hydrogen) atoms. The third-order valence-electron chi connectivity index (χ3n) is 3.86. The predicted octanol–water partition coefficient (Wildman–Crippen LogP) is 2.08. The summed E-state index contributed by atoms with van der Waals surface area (Å²) in [6, 6.07) is 14.3. The van der Waals surface area contributed by atoms with Gasteiger partial charge in [-0.3, -0.25) is 9.59 Å². The number of fused-ring (bicyclic) bond motifs is 1. The number of likely N-dealkylation sites (tertiary alicyclic amines) is 1.